The Morgan fingerprint density at radius 2 is 2.26 bits per heavy atom. The molecule has 4 heteroatoms. The van der Waals surface area contributed by atoms with Gasteiger partial charge in [0, 0.05) is 12.6 Å². The smallest absolute Gasteiger partial charge is 0.237 e. The third kappa shape index (κ3) is 3.70. The molecule has 0 unspecified atom stereocenters. The van der Waals surface area contributed by atoms with Gasteiger partial charge in [-0.2, -0.15) is 0 Å². The van der Waals surface area contributed by atoms with E-state index >= 15 is 0 Å². The molecule has 19 heavy (non-hydrogen) atoms. The van der Waals surface area contributed by atoms with Gasteiger partial charge in [0.2, 0.25) is 5.91 Å². The summed E-state index contributed by atoms with van der Waals surface area (Å²) in [7, 11) is 1.66. The van der Waals surface area contributed by atoms with Crippen molar-refractivity contribution in [2.45, 2.75) is 38.3 Å². The Kier molecular flexibility index (Phi) is 4.80. The number of amides is 1. The molecule has 0 aromatic heterocycles. The van der Waals surface area contributed by atoms with Crippen LogP contribution in [0.25, 0.3) is 0 Å². The molecular weight excluding hydrogens is 240 g/mol. The van der Waals surface area contributed by atoms with Gasteiger partial charge >= 0.3 is 0 Å². The summed E-state index contributed by atoms with van der Waals surface area (Å²) >= 11 is 0. The minimum atomic E-state index is -0.0938. The predicted octanol–water partition coefficient (Wildman–Crippen LogP) is 2.01. The molecule has 4 nitrogen and oxygen atoms in total. The highest BCUT2D eigenvalue weighted by Gasteiger charge is 2.22. The van der Waals surface area contributed by atoms with Gasteiger partial charge in [0.05, 0.1) is 13.2 Å². The fraction of sp³-hybridized carbons (Fsp3) is 0.533. The summed E-state index contributed by atoms with van der Waals surface area (Å²) in [6.45, 7) is 2.87. The second-order valence-corrected chi connectivity index (χ2v) is 5.00. The zero-order valence-electron chi connectivity index (χ0n) is 11.6. The molecule has 1 aliphatic rings. The van der Waals surface area contributed by atoms with Crippen molar-refractivity contribution in [3.63, 3.8) is 0 Å². The van der Waals surface area contributed by atoms with Crippen LogP contribution in [0.4, 0.5) is 0 Å². The van der Waals surface area contributed by atoms with E-state index in [1.165, 1.54) is 0 Å². The molecule has 1 aromatic carbocycles. The zero-order valence-corrected chi connectivity index (χ0v) is 11.6. The number of benzene rings is 1. The maximum absolute atomic E-state index is 11.9. The average molecular weight is 262 g/mol. The molecule has 0 radical (unpaired) electrons. The fourth-order valence-corrected chi connectivity index (χ4v) is 2.41. The first-order valence-corrected chi connectivity index (χ1v) is 6.88. The first-order chi connectivity index (χ1) is 9.20. The van der Waals surface area contributed by atoms with Crippen molar-refractivity contribution in [2.24, 2.45) is 0 Å². The van der Waals surface area contributed by atoms with Crippen LogP contribution in [0.15, 0.2) is 24.3 Å². The monoisotopic (exact) mass is 262 g/mol. The van der Waals surface area contributed by atoms with E-state index in [1.807, 2.05) is 18.2 Å². The Hall–Kier alpha value is -1.55. The summed E-state index contributed by atoms with van der Waals surface area (Å²) in [5, 5.41) is 6.36. The molecule has 1 saturated heterocycles. The molecule has 104 valence electrons. The normalized spacial score (nSPS) is 21.4. The Balaban J connectivity index is 2.02. The van der Waals surface area contributed by atoms with E-state index in [0.29, 0.717) is 0 Å². The number of methoxy groups -OCH3 is 1. The Morgan fingerprint density at radius 1 is 1.42 bits per heavy atom. The molecule has 1 heterocycles. The highest BCUT2D eigenvalue weighted by atomic mass is 16.5. The second kappa shape index (κ2) is 6.57. The first kappa shape index (κ1) is 13.9. The van der Waals surface area contributed by atoms with Gasteiger partial charge in [0.25, 0.3) is 0 Å². The van der Waals surface area contributed by atoms with E-state index in [-0.39, 0.29) is 18.0 Å². The number of hydrogen-bond donors (Lipinski definition) is 2. The van der Waals surface area contributed by atoms with Gasteiger partial charge in [0.1, 0.15) is 5.75 Å². The lowest BCUT2D eigenvalue weighted by Crippen LogP contribution is -2.43. The molecule has 1 amide bonds. The van der Waals surface area contributed by atoms with Crippen molar-refractivity contribution in [3.8, 4) is 5.75 Å². The molecule has 0 bridgehead atoms. The maximum atomic E-state index is 11.9. The molecule has 0 spiro atoms. The average Bonchev–Trinajstić information content (AvgIpc) is 2.64. The summed E-state index contributed by atoms with van der Waals surface area (Å²) in [5.74, 6) is 0.962. The van der Waals surface area contributed by atoms with Crippen LogP contribution in [0, 0.1) is 0 Å². The number of nitrogens with one attached hydrogen (secondary N) is 2. The summed E-state index contributed by atoms with van der Waals surface area (Å²) in [4.78, 5) is 11.9. The van der Waals surface area contributed by atoms with Crippen LogP contribution in [-0.2, 0) is 4.79 Å². The Morgan fingerprint density at radius 3 is 3.05 bits per heavy atom. The van der Waals surface area contributed by atoms with Crippen molar-refractivity contribution in [3.05, 3.63) is 29.8 Å². The van der Waals surface area contributed by atoms with Gasteiger partial charge < -0.3 is 10.1 Å². The van der Waals surface area contributed by atoms with E-state index in [4.69, 9.17) is 4.74 Å². The van der Waals surface area contributed by atoms with Gasteiger partial charge in [-0.25, -0.2) is 0 Å². The highest BCUT2D eigenvalue weighted by molar-refractivity contribution is 5.81. The van der Waals surface area contributed by atoms with Gasteiger partial charge in [-0.3, -0.25) is 10.1 Å². The standard InChI is InChI=1S/C15H22N2O2/c1-11(12-6-5-7-13(10-12)19-2)17-14-8-3-4-9-16-15(14)18/h5-7,10-11,14,17H,3-4,8-9H2,1-2H3,(H,16,18)/t11-,14+/m1/s1. The lowest BCUT2D eigenvalue weighted by atomic mass is 10.0. The van der Waals surface area contributed by atoms with Crippen LogP contribution >= 0.6 is 0 Å². The fourth-order valence-electron chi connectivity index (χ4n) is 2.41. The van der Waals surface area contributed by atoms with Gasteiger partial charge in [-0.1, -0.05) is 12.1 Å². The van der Waals surface area contributed by atoms with Crippen molar-refractivity contribution in [2.75, 3.05) is 13.7 Å². The van der Waals surface area contributed by atoms with Crippen LogP contribution in [0.3, 0.4) is 0 Å². The van der Waals surface area contributed by atoms with Crippen LogP contribution in [0.5, 0.6) is 5.75 Å². The number of rotatable bonds is 4. The number of hydrogen-bond acceptors (Lipinski definition) is 3. The minimum Gasteiger partial charge on any atom is -0.497 e. The van der Waals surface area contributed by atoms with Crippen LogP contribution < -0.4 is 15.4 Å². The first-order valence-electron chi connectivity index (χ1n) is 6.88. The van der Waals surface area contributed by atoms with Gasteiger partial charge in [0.15, 0.2) is 0 Å². The zero-order chi connectivity index (χ0) is 13.7. The maximum Gasteiger partial charge on any atom is 0.237 e. The third-order valence-electron chi connectivity index (χ3n) is 3.58. The topological polar surface area (TPSA) is 50.4 Å². The summed E-state index contributed by atoms with van der Waals surface area (Å²) in [6.07, 6.45) is 3.05. The molecule has 1 aromatic rings. The van der Waals surface area contributed by atoms with Crippen LogP contribution in [-0.4, -0.2) is 25.6 Å². The van der Waals surface area contributed by atoms with E-state index in [9.17, 15) is 4.79 Å². The summed E-state index contributed by atoms with van der Waals surface area (Å²) in [5.41, 5.74) is 1.14. The molecule has 2 atom stereocenters. The minimum absolute atomic E-state index is 0.0938. The second-order valence-electron chi connectivity index (χ2n) is 5.00. The third-order valence-corrected chi connectivity index (χ3v) is 3.58. The van der Waals surface area contributed by atoms with E-state index in [2.05, 4.69) is 23.6 Å². The largest absolute Gasteiger partial charge is 0.497 e. The van der Waals surface area contributed by atoms with Gasteiger partial charge in [-0.05, 0) is 43.9 Å². The van der Waals surface area contributed by atoms with Crippen LogP contribution in [0.1, 0.15) is 37.8 Å². The van der Waals surface area contributed by atoms with Crippen molar-refractivity contribution >= 4 is 5.91 Å². The number of ether oxygens (including phenoxy) is 1. The van der Waals surface area contributed by atoms with Crippen molar-refractivity contribution < 1.29 is 9.53 Å². The van der Waals surface area contributed by atoms with E-state index in [0.717, 1.165) is 37.1 Å². The molecule has 1 fully saturated rings. The molecule has 2 N–H and O–H groups in total. The summed E-state index contributed by atoms with van der Waals surface area (Å²) < 4.78 is 5.23. The highest BCUT2D eigenvalue weighted by Crippen LogP contribution is 2.20. The van der Waals surface area contributed by atoms with E-state index in [1.54, 1.807) is 7.11 Å². The SMILES string of the molecule is COc1cccc([C@@H](C)N[C@H]2CCCCNC2=O)c1. The molecular formula is C15H22N2O2. The lowest BCUT2D eigenvalue weighted by Gasteiger charge is -2.21. The molecule has 2 rings (SSSR count). The van der Waals surface area contributed by atoms with Crippen LogP contribution in [0.2, 0.25) is 0 Å². The number of carbonyl (C=O) groups is 1. The Labute approximate surface area is 114 Å². The van der Waals surface area contributed by atoms with E-state index < -0.39 is 0 Å². The lowest BCUT2D eigenvalue weighted by molar-refractivity contribution is -0.123. The molecule has 0 saturated carbocycles. The summed E-state index contributed by atoms with van der Waals surface area (Å²) in [6, 6.07) is 7.99. The molecule has 0 aliphatic carbocycles. The predicted molar refractivity (Wildman–Crippen MR) is 75.2 cm³/mol. The quantitative estimate of drug-likeness (QED) is 0.872. The van der Waals surface area contributed by atoms with Gasteiger partial charge in [-0.15, -0.1) is 0 Å². The Bertz CT molecular complexity index is 434. The number of carbonyl (C=O) groups excluding carboxylic acids is 1. The van der Waals surface area contributed by atoms with Crippen molar-refractivity contribution in [1.29, 1.82) is 0 Å². The van der Waals surface area contributed by atoms with Crippen molar-refractivity contribution in [1.82, 2.24) is 10.6 Å². The molecule has 1 aliphatic heterocycles.